The van der Waals surface area contributed by atoms with Gasteiger partial charge in [0, 0.05) is 37.4 Å². The van der Waals surface area contributed by atoms with E-state index in [0.717, 1.165) is 37.6 Å². The Bertz CT molecular complexity index is 418. The van der Waals surface area contributed by atoms with Crippen LogP contribution in [0.4, 0.5) is 5.69 Å². The van der Waals surface area contributed by atoms with Crippen LogP contribution in [0.3, 0.4) is 0 Å². The molecular formula is C17H31N3O. The first-order valence-corrected chi connectivity index (χ1v) is 7.80. The fraction of sp³-hybridized carbons (Fsp3) is 0.647. The van der Waals surface area contributed by atoms with Gasteiger partial charge in [-0.15, -0.1) is 0 Å². The maximum Gasteiger partial charge on any atom is 0.123 e. The highest BCUT2D eigenvalue weighted by molar-refractivity contribution is 5.47. The summed E-state index contributed by atoms with van der Waals surface area (Å²) in [5.41, 5.74) is 7.91. The van der Waals surface area contributed by atoms with Gasteiger partial charge in [-0.2, -0.15) is 0 Å². The smallest absolute Gasteiger partial charge is 0.123 e. The third-order valence-electron chi connectivity index (χ3n) is 3.27. The normalized spacial score (nSPS) is 11.6. The Morgan fingerprint density at radius 2 is 1.90 bits per heavy atom. The number of anilines is 1. The number of likely N-dealkylation sites (N-methyl/N-ethyl adjacent to an activating group) is 1. The molecule has 0 heterocycles. The van der Waals surface area contributed by atoms with Crippen molar-refractivity contribution in [3.63, 3.8) is 0 Å². The maximum absolute atomic E-state index is 5.94. The molecule has 1 rings (SSSR count). The van der Waals surface area contributed by atoms with E-state index in [0.29, 0.717) is 12.5 Å². The summed E-state index contributed by atoms with van der Waals surface area (Å²) in [6, 6.07) is 5.92. The van der Waals surface area contributed by atoms with Crippen LogP contribution in [0.5, 0.6) is 5.75 Å². The number of nitrogens with two attached hydrogens (primary N) is 1. The van der Waals surface area contributed by atoms with Gasteiger partial charge in [0.05, 0.1) is 6.61 Å². The zero-order valence-electron chi connectivity index (χ0n) is 14.2. The standard InChI is InChI=1S/C17H31N3O/c1-6-21-17-8-7-16(18)11-15(17)13-20(12-14(2)3)10-9-19(4)5/h7-8,11,14H,6,9-10,12-13,18H2,1-5H3. The van der Waals surface area contributed by atoms with Crippen LogP contribution in [-0.2, 0) is 6.54 Å². The van der Waals surface area contributed by atoms with Crippen LogP contribution in [0, 0.1) is 5.92 Å². The molecule has 0 fully saturated rings. The summed E-state index contributed by atoms with van der Waals surface area (Å²) < 4.78 is 5.73. The first-order chi connectivity index (χ1) is 9.92. The predicted octanol–water partition coefficient (Wildman–Crippen LogP) is 2.69. The third-order valence-corrected chi connectivity index (χ3v) is 3.27. The van der Waals surface area contributed by atoms with E-state index in [1.54, 1.807) is 0 Å². The van der Waals surface area contributed by atoms with Crippen molar-refractivity contribution in [2.45, 2.75) is 27.3 Å². The van der Waals surface area contributed by atoms with E-state index in [2.05, 4.69) is 37.7 Å². The Morgan fingerprint density at radius 3 is 2.48 bits per heavy atom. The van der Waals surface area contributed by atoms with E-state index < -0.39 is 0 Å². The lowest BCUT2D eigenvalue weighted by Gasteiger charge is -2.26. The molecule has 4 heteroatoms. The van der Waals surface area contributed by atoms with Crippen LogP contribution in [0.2, 0.25) is 0 Å². The number of hydrogen-bond acceptors (Lipinski definition) is 4. The van der Waals surface area contributed by atoms with Crippen LogP contribution in [0.1, 0.15) is 26.3 Å². The van der Waals surface area contributed by atoms with Crippen molar-refractivity contribution in [2.75, 3.05) is 46.1 Å². The second-order valence-electron chi connectivity index (χ2n) is 6.23. The highest BCUT2D eigenvalue weighted by Crippen LogP contribution is 2.23. The molecule has 0 aliphatic heterocycles. The molecule has 0 amide bonds. The molecule has 0 saturated carbocycles. The first-order valence-electron chi connectivity index (χ1n) is 7.80. The van der Waals surface area contributed by atoms with Gasteiger partial charge in [-0.3, -0.25) is 4.90 Å². The van der Waals surface area contributed by atoms with Gasteiger partial charge in [0.1, 0.15) is 5.75 Å². The Kier molecular flexibility index (Phi) is 7.54. The van der Waals surface area contributed by atoms with Gasteiger partial charge < -0.3 is 15.4 Å². The molecule has 120 valence electrons. The average Bonchev–Trinajstić information content (AvgIpc) is 2.38. The Labute approximate surface area is 129 Å². The summed E-state index contributed by atoms with van der Waals surface area (Å²) in [7, 11) is 4.22. The highest BCUT2D eigenvalue weighted by Gasteiger charge is 2.12. The second kappa shape index (κ2) is 8.90. The van der Waals surface area contributed by atoms with Gasteiger partial charge >= 0.3 is 0 Å². The summed E-state index contributed by atoms with van der Waals surface area (Å²) in [4.78, 5) is 4.69. The number of rotatable bonds is 9. The van der Waals surface area contributed by atoms with Gasteiger partial charge in [-0.1, -0.05) is 13.8 Å². The van der Waals surface area contributed by atoms with Gasteiger partial charge in [0.15, 0.2) is 0 Å². The van der Waals surface area contributed by atoms with Crippen molar-refractivity contribution in [3.8, 4) is 5.75 Å². The monoisotopic (exact) mass is 293 g/mol. The molecule has 0 unspecified atom stereocenters. The quantitative estimate of drug-likeness (QED) is 0.711. The van der Waals surface area contributed by atoms with Crippen molar-refractivity contribution < 1.29 is 4.74 Å². The summed E-state index contributed by atoms with van der Waals surface area (Å²) in [6.45, 7) is 11.3. The largest absolute Gasteiger partial charge is 0.494 e. The van der Waals surface area contributed by atoms with E-state index in [1.165, 1.54) is 5.56 Å². The fourth-order valence-corrected chi connectivity index (χ4v) is 2.35. The van der Waals surface area contributed by atoms with Gasteiger partial charge in [0.25, 0.3) is 0 Å². The molecule has 2 N–H and O–H groups in total. The maximum atomic E-state index is 5.94. The van der Waals surface area contributed by atoms with Gasteiger partial charge in [-0.05, 0) is 45.1 Å². The number of nitrogens with zero attached hydrogens (tertiary/aromatic N) is 2. The SMILES string of the molecule is CCOc1ccc(N)cc1CN(CCN(C)C)CC(C)C. The molecule has 0 aliphatic rings. The zero-order chi connectivity index (χ0) is 15.8. The molecule has 21 heavy (non-hydrogen) atoms. The lowest BCUT2D eigenvalue weighted by atomic mass is 10.1. The molecule has 0 bridgehead atoms. The average molecular weight is 293 g/mol. The van der Waals surface area contributed by atoms with Gasteiger partial charge in [0.2, 0.25) is 0 Å². The highest BCUT2D eigenvalue weighted by atomic mass is 16.5. The fourth-order valence-electron chi connectivity index (χ4n) is 2.35. The van der Waals surface area contributed by atoms with Crippen LogP contribution in [0.25, 0.3) is 0 Å². The predicted molar refractivity (Wildman–Crippen MR) is 90.7 cm³/mol. The molecule has 0 radical (unpaired) electrons. The lowest BCUT2D eigenvalue weighted by Crippen LogP contribution is -2.34. The van der Waals surface area contributed by atoms with Crippen LogP contribution in [0.15, 0.2) is 18.2 Å². The Hall–Kier alpha value is -1.26. The third kappa shape index (κ3) is 6.82. The van der Waals surface area contributed by atoms with Crippen LogP contribution in [-0.4, -0.2) is 50.1 Å². The van der Waals surface area contributed by atoms with E-state index in [-0.39, 0.29) is 0 Å². The number of hydrogen-bond donors (Lipinski definition) is 1. The zero-order valence-corrected chi connectivity index (χ0v) is 14.2. The molecule has 0 atom stereocenters. The minimum Gasteiger partial charge on any atom is -0.494 e. The molecule has 0 aromatic heterocycles. The summed E-state index contributed by atoms with van der Waals surface area (Å²) >= 11 is 0. The Balaban J connectivity index is 2.82. The van der Waals surface area contributed by atoms with Crippen molar-refractivity contribution in [1.82, 2.24) is 9.80 Å². The molecule has 0 saturated heterocycles. The van der Waals surface area contributed by atoms with E-state index >= 15 is 0 Å². The molecule has 1 aromatic rings. The van der Waals surface area contributed by atoms with Crippen LogP contribution < -0.4 is 10.5 Å². The van der Waals surface area contributed by atoms with Crippen molar-refractivity contribution in [2.24, 2.45) is 5.92 Å². The van der Waals surface area contributed by atoms with E-state index in [9.17, 15) is 0 Å². The lowest BCUT2D eigenvalue weighted by molar-refractivity contribution is 0.208. The van der Waals surface area contributed by atoms with Crippen molar-refractivity contribution in [1.29, 1.82) is 0 Å². The van der Waals surface area contributed by atoms with Gasteiger partial charge in [-0.25, -0.2) is 0 Å². The second-order valence-corrected chi connectivity index (χ2v) is 6.23. The summed E-state index contributed by atoms with van der Waals surface area (Å²) in [5, 5.41) is 0. The molecule has 0 aliphatic carbocycles. The van der Waals surface area contributed by atoms with E-state index in [4.69, 9.17) is 10.5 Å². The summed E-state index contributed by atoms with van der Waals surface area (Å²) in [5.74, 6) is 1.59. The topological polar surface area (TPSA) is 41.7 Å². The van der Waals surface area contributed by atoms with Crippen LogP contribution >= 0.6 is 0 Å². The van der Waals surface area contributed by atoms with Crippen molar-refractivity contribution >= 4 is 5.69 Å². The first kappa shape index (κ1) is 17.8. The summed E-state index contributed by atoms with van der Waals surface area (Å²) in [6.07, 6.45) is 0. The minimum absolute atomic E-state index is 0.642. The van der Waals surface area contributed by atoms with E-state index in [1.807, 2.05) is 25.1 Å². The minimum atomic E-state index is 0.642. The van der Waals surface area contributed by atoms with Crippen molar-refractivity contribution in [3.05, 3.63) is 23.8 Å². The number of nitrogen functional groups attached to an aromatic ring is 1. The molecule has 0 spiro atoms. The molecule has 4 nitrogen and oxygen atoms in total. The molecule has 1 aromatic carbocycles. The molecular weight excluding hydrogens is 262 g/mol. The number of ether oxygens (including phenoxy) is 1. The number of benzene rings is 1. The Morgan fingerprint density at radius 1 is 1.19 bits per heavy atom.